The molecule has 2 amide bonds. The normalized spacial score (nSPS) is 21.4. The largest absolute Gasteiger partial charge is 0.390 e. The van der Waals surface area contributed by atoms with E-state index >= 15 is 4.79 Å². The summed E-state index contributed by atoms with van der Waals surface area (Å²) in [6.07, 6.45) is -0.196. The van der Waals surface area contributed by atoms with E-state index in [0.717, 1.165) is 38.9 Å². The zero-order chi connectivity index (χ0) is 36.2. The third-order valence-corrected chi connectivity index (χ3v) is 11.2. The van der Waals surface area contributed by atoms with Crippen molar-refractivity contribution in [1.29, 1.82) is 0 Å². The van der Waals surface area contributed by atoms with Crippen molar-refractivity contribution in [1.82, 2.24) is 10.2 Å². The Balaban J connectivity index is 1.34. The molecule has 5 aromatic carbocycles. The van der Waals surface area contributed by atoms with E-state index in [1.165, 1.54) is 0 Å². The predicted octanol–water partition coefficient (Wildman–Crippen LogP) is 6.30. The highest BCUT2D eigenvalue weighted by molar-refractivity contribution is 5.89. The predicted molar refractivity (Wildman–Crippen MR) is 203 cm³/mol. The Hall–Kier alpha value is -5.08. The summed E-state index contributed by atoms with van der Waals surface area (Å²) >= 11 is 0. The molecule has 7 atom stereocenters. The molecule has 266 valence electrons. The van der Waals surface area contributed by atoms with Crippen molar-refractivity contribution >= 4 is 11.8 Å². The Morgan fingerprint density at radius 2 is 1.21 bits per heavy atom. The maximum absolute atomic E-state index is 15.9. The van der Waals surface area contributed by atoms with Crippen LogP contribution in [0.4, 0.5) is 0 Å². The van der Waals surface area contributed by atoms with Crippen molar-refractivity contribution in [2.75, 3.05) is 0 Å². The standard InChI is InChI=1S/C45H47N3O4/c1-45(34-21-9-4-10-22-34,28-35(47-29-30-15-5-2-6-16-30)27-38(43(46)51)31-17-7-3-8-18-31)44(52)48(41-36-23-13-11-19-32(36)25-39(41)49)42-37-24-14-12-20-33(37)26-40(42)50/h2-24,35,38-42,47,49-50H,25-29H2,1H3,(H2,46,51)/t35-,38?,39-,40-,41+,42+,45-/m1/s1. The molecule has 5 aromatic rings. The highest BCUT2D eigenvalue weighted by Gasteiger charge is 2.51. The lowest BCUT2D eigenvalue weighted by molar-refractivity contribution is -0.149. The second-order valence-corrected chi connectivity index (χ2v) is 14.6. The average molecular weight is 694 g/mol. The molecule has 0 aromatic heterocycles. The summed E-state index contributed by atoms with van der Waals surface area (Å²) in [7, 11) is 0. The SMILES string of the molecule is C[C@](C[C@@H](CC(C(N)=O)c1ccccc1)NCc1ccccc1)(C(=O)N([C@H]1c2ccccc2C[C@H]1O)[C@H]1c2ccccc2C[C@H]1O)c1ccccc1. The van der Waals surface area contributed by atoms with Gasteiger partial charge in [-0.15, -0.1) is 0 Å². The average Bonchev–Trinajstić information content (AvgIpc) is 3.68. The molecule has 5 N–H and O–H groups in total. The van der Waals surface area contributed by atoms with Crippen LogP contribution in [0.25, 0.3) is 0 Å². The molecule has 0 fully saturated rings. The first kappa shape index (κ1) is 35.3. The molecule has 0 heterocycles. The fourth-order valence-electron chi connectivity index (χ4n) is 8.60. The number of aliphatic hydroxyl groups is 2. The number of nitrogens with two attached hydrogens (primary N) is 1. The van der Waals surface area contributed by atoms with Crippen molar-refractivity contribution in [2.24, 2.45) is 5.73 Å². The minimum absolute atomic E-state index is 0.193. The van der Waals surface area contributed by atoms with Crippen LogP contribution in [0.1, 0.15) is 76.7 Å². The molecule has 0 aliphatic heterocycles. The van der Waals surface area contributed by atoms with E-state index in [9.17, 15) is 15.0 Å². The molecule has 2 aliphatic rings. The van der Waals surface area contributed by atoms with E-state index in [0.29, 0.717) is 32.2 Å². The number of aliphatic hydroxyl groups excluding tert-OH is 2. The number of rotatable bonds is 13. The van der Waals surface area contributed by atoms with Crippen molar-refractivity contribution < 1.29 is 19.8 Å². The second kappa shape index (κ2) is 15.3. The topological polar surface area (TPSA) is 116 Å². The number of nitrogens with one attached hydrogen (secondary N) is 1. The van der Waals surface area contributed by atoms with Gasteiger partial charge in [-0.2, -0.15) is 0 Å². The van der Waals surface area contributed by atoms with Gasteiger partial charge >= 0.3 is 0 Å². The maximum Gasteiger partial charge on any atom is 0.234 e. The Bertz CT molecular complexity index is 1930. The summed E-state index contributed by atoms with van der Waals surface area (Å²) in [4.78, 5) is 30.8. The minimum atomic E-state index is -1.15. The number of carbonyl (C=O) groups is 2. The van der Waals surface area contributed by atoms with Gasteiger partial charge in [-0.3, -0.25) is 9.59 Å². The van der Waals surface area contributed by atoms with E-state index in [1.807, 2.05) is 146 Å². The Kier molecular flexibility index (Phi) is 10.4. The number of primary amides is 1. The lowest BCUT2D eigenvalue weighted by Crippen LogP contribution is -2.53. The molecule has 0 radical (unpaired) electrons. The number of benzene rings is 5. The van der Waals surface area contributed by atoms with Crippen LogP contribution >= 0.6 is 0 Å². The number of fused-ring (bicyclic) bond motifs is 2. The first-order chi connectivity index (χ1) is 25.2. The van der Waals surface area contributed by atoms with E-state index in [-0.39, 0.29) is 11.9 Å². The van der Waals surface area contributed by atoms with E-state index in [4.69, 9.17) is 5.73 Å². The van der Waals surface area contributed by atoms with Crippen molar-refractivity contribution in [3.05, 3.63) is 178 Å². The van der Waals surface area contributed by atoms with Gasteiger partial charge in [-0.25, -0.2) is 0 Å². The third kappa shape index (κ3) is 7.04. The molecule has 0 bridgehead atoms. The Morgan fingerprint density at radius 1 is 0.731 bits per heavy atom. The highest BCUT2D eigenvalue weighted by Crippen LogP contribution is 2.48. The Morgan fingerprint density at radius 3 is 1.75 bits per heavy atom. The summed E-state index contributed by atoms with van der Waals surface area (Å²) in [6, 6.07) is 43.5. The van der Waals surface area contributed by atoms with Gasteiger partial charge < -0.3 is 26.2 Å². The number of carbonyl (C=O) groups excluding carboxylic acids is 2. The molecule has 0 saturated heterocycles. The molecule has 1 unspecified atom stereocenters. The van der Waals surface area contributed by atoms with Crippen LogP contribution in [0, 0.1) is 0 Å². The molecule has 0 saturated carbocycles. The van der Waals surface area contributed by atoms with Gasteiger partial charge in [0.15, 0.2) is 0 Å². The summed E-state index contributed by atoms with van der Waals surface area (Å²) in [5.41, 5.74) is 11.4. The van der Waals surface area contributed by atoms with E-state index in [1.54, 1.807) is 4.90 Å². The molecular formula is C45H47N3O4. The number of nitrogens with zero attached hydrogens (tertiary/aromatic N) is 1. The van der Waals surface area contributed by atoms with Crippen molar-refractivity contribution in [3.63, 3.8) is 0 Å². The van der Waals surface area contributed by atoms with Crippen LogP contribution < -0.4 is 11.1 Å². The van der Waals surface area contributed by atoms with Gasteiger partial charge in [0.25, 0.3) is 0 Å². The Labute approximate surface area is 306 Å². The lowest BCUT2D eigenvalue weighted by atomic mass is 9.73. The van der Waals surface area contributed by atoms with Crippen LogP contribution in [0.2, 0.25) is 0 Å². The van der Waals surface area contributed by atoms with Crippen LogP contribution in [0.3, 0.4) is 0 Å². The fraction of sp³-hybridized carbons (Fsp3) is 0.289. The van der Waals surface area contributed by atoms with Gasteiger partial charge in [-0.1, -0.05) is 140 Å². The first-order valence-electron chi connectivity index (χ1n) is 18.3. The van der Waals surface area contributed by atoms with Gasteiger partial charge in [0.1, 0.15) is 0 Å². The first-order valence-corrected chi connectivity index (χ1v) is 18.3. The van der Waals surface area contributed by atoms with Crippen LogP contribution in [0.5, 0.6) is 0 Å². The fourth-order valence-corrected chi connectivity index (χ4v) is 8.60. The van der Waals surface area contributed by atoms with Gasteiger partial charge in [0.05, 0.1) is 35.6 Å². The summed E-state index contributed by atoms with van der Waals surface area (Å²) in [6.45, 7) is 2.50. The molecule has 52 heavy (non-hydrogen) atoms. The molecule has 0 spiro atoms. The maximum atomic E-state index is 15.9. The molecule has 7 nitrogen and oxygen atoms in total. The van der Waals surface area contributed by atoms with Crippen molar-refractivity contribution in [2.45, 2.75) is 80.8 Å². The van der Waals surface area contributed by atoms with E-state index < -0.39 is 41.5 Å². The molecular weight excluding hydrogens is 647 g/mol. The quantitative estimate of drug-likeness (QED) is 0.116. The van der Waals surface area contributed by atoms with Crippen LogP contribution in [0.15, 0.2) is 140 Å². The van der Waals surface area contributed by atoms with E-state index in [2.05, 4.69) is 5.32 Å². The molecule has 7 heteroatoms. The monoisotopic (exact) mass is 693 g/mol. The lowest BCUT2D eigenvalue weighted by Gasteiger charge is -2.45. The second-order valence-electron chi connectivity index (χ2n) is 14.6. The van der Waals surface area contributed by atoms with Crippen LogP contribution in [-0.2, 0) is 34.4 Å². The zero-order valence-corrected chi connectivity index (χ0v) is 29.5. The highest BCUT2D eigenvalue weighted by atomic mass is 16.3. The number of hydrogen-bond donors (Lipinski definition) is 4. The third-order valence-electron chi connectivity index (χ3n) is 11.2. The summed E-state index contributed by atoms with van der Waals surface area (Å²) < 4.78 is 0. The summed E-state index contributed by atoms with van der Waals surface area (Å²) in [5, 5.41) is 27.4. The number of amides is 2. The van der Waals surface area contributed by atoms with Crippen molar-refractivity contribution in [3.8, 4) is 0 Å². The molecule has 2 aliphatic carbocycles. The minimum Gasteiger partial charge on any atom is -0.390 e. The van der Waals surface area contributed by atoms with Gasteiger partial charge in [0, 0.05) is 25.4 Å². The van der Waals surface area contributed by atoms with Crippen LogP contribution in [-0.4, -0.2) is 45.2 Å². The zero-order valence-electron chi connectivity index (χ0n) is 29.5. The van der Waals surface area contributed by atoms with Gasteiger partial charge in [0.2, 0.25) is 11.8 Å². The smallest absolute Gasteiger partial charge is 0.234 e. The summed E-state index contributed by atoms with van der Waals surface area (Å²) in [5.74, 6) is -1.21. The molecule has 7 rings (SSSR count). The number of hydrogen-bond acceptors (Lipinski definition) is 5. The van der Waals surface area contributed by atoms with Gasteiger partial charge in [-0.05, 0) is 58.7 Å².